The number of nitrogens with zero attached hydrogens (tertiary/aromatic N) is 2. The van der Waals surface area contributed by atoms with Crippen LogP contribution in [-0.2, 0) is 10.0 Å². The number of hydrogen-bond acceptors (Lipinski definition) is 4. The Kier molecular flexibility index (Phi) is 4.64. The van der Waals surface area contributed by atoms with Crippen LogP contribution in [0.5, 0.6) is 0 Å². The Morgan fingerprint density at radius 3 is 2.58 bits per heavy atom. The average Bonchev–Trinajstić information content (AvgIpc) is 2.38. The first-order valence-corrected chi connectivity index (χ1v) is 6.93. The minimum Gasteiger partial charge on any atom is -0.478 e. The molecule has 0 amide bonds. The SMILES string of the molecule is CC(CC#N)N(C)S(=O)(=O)c1ccccc1C(=O)O. The quantitative estimate of drug-likeness (QED) is 0.877. The van der Waals surface area contributed by atoms with Crippen LogP contribution in [0.25, 0.3) is 0 Å². The van der Waals surface area contributed by atoms with Crippen molar-refractivity contribution in [3.63, 3.8) is 0 Å². The van der Waals surface area contributed by atoms with Crippen molar-refractivity contribution in [1.82, 2.24) is 4.31 Å². The van der Waals surface area contributed by atoms with E-state index in [9.17, 15) is 13.2 Å². The van der Waals surface area contributed by atoms with E-state index in [1.807, 2.05) is 6.07 Å². The van der Waals surface area contributed by atoms with E-state index < -0.39 is 22.0 Å². The van der Waals surface area contributed by atoms with Crippen LogP contribution >= 0.6 is 0 Å². The third-order valence-electron chi connectivity index (χ3n) is 2.78. The van der Waals surface area contributed by atoms with Crippen LogP contribution in [0, 0.1) is 11.3 Å². The van der Waals surface area contributed by atoms with Gasteiger partial charge in [-0.1, -0.05) is 12.1 Å². The summed E-state index contributed by atoms with van der Waals surface area (Å²) in [5.41, 5.74) is -0.279. The number of rotatable bonds is 5. The molecule has 0 bridgehead atoms. The predicted molar refractivity (Wildman–Crippen MR) is 68.0 cm³/mol. The molecular weight excluding hydrogens is 268 g/mol. The van der Waals surface area contributed by atoms with Gasteiger partial charge in [-0.05, 0) is 19.1 Å². The van der Waals surface area contributed by atoms with Gasteiger partial charge in [0.2, 0.25) is 10.0 Å². The monoisotopic (exact) mass is 282 g/mol. The largest absolute Gasteiger partial charge is 0.478 e. The molecule has 0 aliphatic rings. The molecule has 0 radical (unpaired) electrons. The summed E-state index contributed by atoms with van der Waals surface area (Å²) in [6.07, 6.45) is 0.0327. The molecule has 0 aliphatic carbocycles. The summed E-state index contributed by atoms with van der Waals surface area (Å²) in [7, 11) is -2.61. The van der Waals surface area contributed by atoms with Gasteiger partial charge in [-0.3, -0.25) is 0 Å². The smallest absolute Gasteiger partial charge is 0.337 e. The van der Waals surface area contributed by atoms with Gasteiger partial charge in [-0.15, -0.1) is 0 Å². The molecule has 0 saturated carbocycles. The second kappa shape index (κ2) is 5.82. The average molecular weight is 282 g/mol. The van der Waals surface area contributed by atoms with E-state index in [4.69, 9.17) is 10.4 Å². The summed E-state index contributed by atoms with van der Waals surface area (Å²) in [5, 5.41) is 17.6. The van der Waals surface area contributed by atoms with Crippen molar-refractivity contribution in [2.24, 2.45) is 0 Å². The number of benzene rings is 1. The molecule has 1 aromatic carbocycles. The van der Waals surface area contributed by atoms with Crippen molar-refractivity contribution in [3.05, 3.63) is 29.8 Å². The maximum atomic E-state index is 12.3. The molecule has 0 heterocycles. The fourth-order valence-electron chi connectivity index (χ4n) is 1.52. The standard InChI is InChI=1S/C12H14N2O4S/c1-9(7-8-13)14(2)19(17,18)11-6-4-3-5-10(11)12(15)16/h3-6,9H,7H2,1-2H3,(H,15,16). The second-order valence-corrected chi connectivity index (χ2v) is 6.00. The van der Waals surface area contributed by atoms with Gasteiger partial charge in [0, 0.05) is 13.1 Å². The van der Waals surface area contributed by atoms with Crippen LogP contribution in [0.1, 0.15) is 23.7 Å². The van der Waals surface area contributed by atoms with Gasteiger partial charge in [-0.2, -0.15) is 9.57 Å². The van der Waals surface area contributed by atoms with Crippen LogP contribution in [0.4, 0.5) is 0 Å². The van der Waals surface area contributed by atoms with Crippen LogP contribution in [0.3, 0.4) is 0 Å². The van der Waals surface area contributed by atoms with Crippen molar-refractivity contribution < 1.29 is 18.3 Å². The molecule has 102 valence electrons. The van der Waals surface area contributed by atoms with E-state index in [-0.39, 0.29) is 16.9 Å². The predicted octanol–water partition coefficient (Wildman–Crippen LogP) is 1.31. The first kappa shape index (κ1) is 15.1. The zero-order valence-electron chi connectivity index (χ0n) is 10.6. The summed E-state index contributed by atoms with van der Waals surface area (Å²) < 4.78 is 25.7. The van der Waals surface area contributed by atoms with Crippen LogP contribution in [0.2, 0.25) is 0 Å². The Morgan fingerprint density at radius 1 is 1.47 bits per heavy atom. The Labute approximate surface area is 111 Å². The van der Waals surface area contributed by atoms with Crippen molar-refractivity contribution in [3.8, 4) is 6.07 Å². The van der Waals surface area contributed by atoms with Gasteiger partial charge in [0.05, 0.1) is 22.9 Å². The minimum atomic E-state index is -3.93. The van der Waals surface area contributed by atoms with Gasteiger partial charge >= 0.3 is 5.97 Å². The molecular formula is C12H14N2O4S. The highest BCUT2D eigenvalue weighted by Gasteiger charge is 2.29. The van der Waals surface area contributed by atoms with E-state index in [0.717, 1.165) is 4.31 Å². The molecule has 0 spiro atoms. The fraction of sp³-hybridized carbons (Fsp3) is 0.333. The number of carboxylic acids is 1. The molecule has 1 aromatic rings. The molecule has 1 unspecified atom stereocenters. The summed E-state index contributed by atoms with van der Waals surface area (Å²) in [5.74, 6) is -1.31. The Balaban J connectivity index is 3.29. The lowest BCUT2D eigenvalue weighted by atomic mass is 10.2. The van der Waals surface area contributed by atoms with E-state index in [1.165, 1.54) is 31.3 Å². The number of hydrogen-bond donors (Lipinski definition) is 1. The van der Waals surface area contributed by atoms with E-state index in [2.05, 4.69) is 0 Å². The molecule has 0 saturated heterocycles. The van der Waals surface area contributed by atoms with Gasteiger partial charge in [-0.25, -0.2) is 13.2 Å². The molecule has 1 N–H and O–H groups in total. The molecule has 1 rings (SSSR count). The molecule has 19 heavy (non-hydrogen) atoms. The van der Waals surface area contributed by atoms with Gasteiger partial charge < -0.3 is 5.11 Å². The third kappa shape index (κ3) is 3.10. The molecule has 7 heteroatoms. The molecule has 0 aliphatic heterocycles. The lowest BCUT2D eigenvalue weighted by Gasteiger charge is -2.23. The van der Waals surface area contributed by atoms with E-state index in [0.29, 0.717) is 0 Å². The van der Waals surface area contributed by atoms with Crippen molar-refractivity contribution >= 4 is 16.0 Å². The summed E-state index contributed by atoms with van der Waals surface area (Å²) in [4.78, 5) is 10.8. The van der Waals surface area contributed by atoms with E-state index in [1.54, 1.807) is 6.92 Å². The zero-order valence-corrected chi connectivity index (χ0v) is 11.4. The highest BCUT2D eigenvalue weighted by atomic mass is 32.2. The first-order valence-electron chi connectivity index (χ1n) is 5.49. The normalized spacial score (nSPS) is 12.9. The third-order valence-corrected chi connectivity index (χ3v) is 4.81. The fourth-order valence-corrected chi connectivity index (χ4v) is 3.06. The number of sulfonamides is 1. The maximum Gasteiger partial charge on any atom is 0.337 e. The minimum absolute atomic E-state index is 0.0327. The summed E-state index contributed by atoms with van der Waals surface area (Å²) in [6.45, 7) is 1.59. The second-order valence-electron chi connectivity index (χ2n) is 4.03. The lowest BCUT2D eigenvalue weighted by Crippen LogP contribution is -2.35. The van der Waals surface area contributed by atoms with Crippen molar-refractivity contribution in [2.45, 2.75) is 24.3 Å². The number of nitriles is 1. The first-order chi connectivity index (χ1) is 8.82. The number of aromatic carboxylic acids is 1. The molecule has 1 atom stereocenters. The molecule has 0 fully saturated rings. The van der Waals surface area contributed by atoms with Crippen molar-refractivity contribution in [2.75, 3.05) is 7.05 Å². The van der Waals surface area contributed by atoms with Crippen molar-refractivity contribution in [1.29, 1.82) is 5.26 Å². The van der Waals surface area contributed by atoms with Crippen LogP contribution < -0.4 is 0 Å². The van der Waals surface area contributed by atoms with E-state index >= 15 is 0 Å². The van der Waals surface area contributed by atoms with Gasteiger partial charge in [0.25, 0.3) is 0 Å². The number of carbonyl (C=O) groups is 1. The maximum absolute atomic E-state index is 12.3. The Morgan fingerprint density at radius 2 is 2.05 bits per heavy atom. The summed E-state index contributed by atoms with van der Waals surface area (Å²) in [6, 6.07) is 6.75. The van der Waals surface area contributed by atoms with Crippen LogP contribution in [0.15, 0.2) is 29.2 Å². The molecule has 6 nitrogen and oxygen atoms in total. The zero-order chi connectivity index (χ0) is 14.6. The highest BCUT2D eigenvalue weighted by Crippen LogP contribution is 2.21. The van der Waals surface area contributed by atoms with Gasteiger partial charge in [0.15, 0.2) is 0 Å². The summed E-state index contributed by atoms with van der Waals surface area (Å²) >= 11 is 0. The number of carboxylic acid groups (broad SMARTS) is 1. The Hall–Kier alpha value is -1.91. The van der Waals surface area contributed by atoms with Gasteiger partial charge in [0.1, 0.15) is 0 Å². The topological polar surface area (TPSA) is 98.5 Å². The van der Waals surface area contributed by atoms with Crippen LogP contribution in [-0.4, -0.2) is 36.9 Å². The highest BCUT2D eigenvalue weighted by molar-refractivity contribution is 7.89. The molecule has 0 aromatic heterocycles. The Bertz CT molecular complexity index is 619. The lowest BCUT2D eigenvalue weighted by molar-refractivity contribution is 0.0692.